The van der Waals surface area contributed by atoms with Gasteiger partial charge in [0.25, 0.3) is 5.78 Å². The molecule has 1 saturated heterocycles. The standard InChI is InChI=1S/C25H21ClN2O6S/c1-12-11-16(33-3)9-10-17(12)20(29)18-19(14-5-7-15(26)8-6-14)28(23(31)21(18)30)25-27-13(2)22(35-25)24(32)34-4/h5-11,19,29H,1-4H3/b20-18+. The van der Waals surface area contributed by atoms with E-state index in [4.69, 9.17) is 21.1 Å². The SMILES string of the molecule is COC(=O)c1sc(N2C(=O)C(=O)/C(=C(/O)c3ccc(OC)cc3C)C2c2ccc(Cl)cc2)nc1C. The molecule has 0 saturated carbocycles. The molecule has 1 unspecified atom stereocenters. The van der Waals surface area contributed by atoms with Crippen molar-refractivity contribution in [2.75, 3.05) is 19.1 Å². The number of carbonyl (C=O) groups excluding carboxylic acids is 3. The Morgan fingerprint density at radius 1 is 1.11 bits per heavy atom. The molecule has 1 aliphatic rings. The number of aliphatic hydroxyl groups excluding tert-OH is 1. The van der Waals surface area contributed by atoms with Crippen molar-refractivity contribution in [2.24, 2.45) is 0 Å². The van der Waals surface area contributed by atoms with Crippen molar-refractivity contribution in [1.29, 1.82) is 0 Å². The lowest BCUT2D eigenvalue weighted by molar-refractivity contribution is -0.132. The molecule has 0 aliphatic carbocycles. The molecular formula is C25H21ClN2O6S. The summed E-state index contributed by atoms with van der Waals surface area (Å²) in [6.07, 6.45) is 0. The fourth-order valence-corrected chi connectivity index (χ4v) is 5.07. The third-order valence-corrected chi connectivity index (χ3v) is 7.07. The van der Waals surface area contributed by atoms with Gasteiger partial charge in [0.1, 0.15) is 16.4 Å². The molecule has 0 radical (unpaired) electrons. The Labute approximate surface area is 210 Å². The first-order chi connectivity index (χ1) is 16.7. The largest absolute Gasteiger partial charge is 0.507 e. The van der Waals surface area contributed by atoms with Gasteiger partial charge in [-0.15, -0.1) is 0 Å². The van der Waals surface area contributed by atoms with Gasteiger partial charge in [-0.1, -0.05) is 35.1 Å². The van der Waals surface area contributed by atoms with Crippen LogP contribution < -0.4 is 9.64 Å². The van der Waals surface area contributed by atoms with Gasteiger partial charge in [-0.3, -0.25) is 14.5 Å². The first-order valence-corrected chi connectivity index (χ1v) is 11.6. The molecule has 35 heavy (non-hydrogen) atoms. The zero-order valence-electron chi connectivity index (χ0n) is 19.3. The summed E-state index contributed by atoms with van der Waals surface area (Å²) in [6, 6.07) is 10.6. The Balaban J connectivity index is 1.94. The van der Waals surface area contributed by atoms with Crippen molar-refractivity contribution >= 4 is 51.5 Å². The van der Waals surface area contributed by atoms with Crippen LogP contribution in [0.5, 0.6) is 5.75 Å². The van der Waals surface area contributed by atoms with Crippen molar-refractivity contribution in [3.8, 4) is 5.75 Å². The van der Waals surface area contributed by atoms with Crippen molar-refractivity contribution in [3.05, 3.63) is 80.3 Å². The molecule has 2 heterocycles. The van der Waals surface area contributed by atoms with Crippen LogP contribution in [-0.4, -0.2) is 42.0 Å². The molecule has 0 spiro atoms. The molecule has 1 fully saturated rings. The zero-order chi connectivity index (χ0) is 25.4. The number of hydrogen-bond donors (Lipinski definition) is 1. The average Bonchev–Trinajstić information content (AvgIpc) is 3.35. The number of Topliss-reactive ketones (excluding diaryl/α,β-unsaturated/α-hetero) is 1. The maximum Gasteiger partial charge on any atom is 0.350 e. The third kappa shape index (κ3) is 4.28. The molecule has 8 nitrogen and oxygen atoms in total. The lowest BCUT2D eigenvalue weighted by Crippen LogP contribution is -2.29. The smallest absolute Gasteiger partial charge is 0.350 e. The van der Waals surface area contributed by atoms with Gasteiger partial charge in [0.2, 0.25) is 0 Å². The second-order valence-electron chi connectivity index (χ2n) is 7.80. The zero-order valence-corrected chi connectivity index (χ0v) is 20.9. The van der Waals surface area contributed by atoms with Crippen LogP contribution in [0.3, 0.4) is 0 Å². The molecule has 0 bridgehead atoms. The van der Waals surface area contributed by atoms with E-state index in [9.17, 15) is 19.5 Å². The number of benzene rings is 2. The highest BCUT2D eigenvalue weighted by molar-refractivity contribution is 7.17. The minimum absolute atomic E-state index is 0.0990. The summed E-state index contributed by atoms with van der Waals surface area (Å²) in [6.45, 7) is 3.37. The van der Waals surface area contributed by atoms with E-state index in [-0.39, 0.29) is 21.3 Å². The quantitative estimate of drug-likeness (QED) is 0.226. The maximum atomic E-state index is 13.3. The first kappa shape index (κ1) is 24.4. The fraction of sp³-hybridized carbons (Fsp3) is 0.200. The predicted molar refractivity (Wildman–Crippen MR) is 132 cm³/mol. The number of halogens is 1. The number of thiazole rings is 1. The molecule has 3 aromatic rings. The second-order valence-corrected chi connectivity index (χ2v) is 9.22. The number of hydrogen-bond acceptors (Lipinski definition) is 8. The van der Waals surface area contributed by atoms with Crippen molar-refractivity contribution in [3.63, 3.8) is 0 Å². The summed E-state index contributed by atoms with van der Waals surface area (Å²) in [5.74, 6) is -2.08. The summed E-state index contributed by atoms with van der Waals surface area (Å²) in [5, 5.41) is 11.9. The lowest BCUT2D eigenvalue weighted by Gasteiger charge is -2.23. The molecule has 180 valence electrons. The van der Waals surface area contributed by atoms with Crippen molar-refractivity contribution < 1.29 is 29.0 Å². The number of esters is 1. The Hall–Kier alpha value is -3.69. The van der Waals surface area contributed by atoms with Crippen LogP contribution in [0.15, 0.2) is 48.0 Å². The van der Waals surface area contributed by atoms with Gasteiger partial charge in [-0.05, 0) is 55.3 Å². The predicted octanol–water partition coefficient (Wildman–Crippen LogP) is 4.83. The second kappa shape index (κ2) is 9.52. The minimum atomic E-state index is -0.996. The van der Waals surface area contributed by atoms with Crippen molar-refractivity contribution in [2.45, 2.75) is 19.9 Å². The van der Waals surface area contributed by atoms with Gasteiger partial charge in [-0.25, -0.2) is 9.78 Å². The molecule has 1 N–H and O–H groups in total. The van der Waals surface area contributed by atoms with E-state index in [2.05, 4.69) is 4.98 Å². The van der Waals surface area contributed by atoms with Gasteiger partial charge >= 0.3 is 11.9 Å². The molecule has 1 atom stereocenters. The summed E-state index contributed by atoms with van der Waals surface area (Å²) in [7, 11) is 2.78. The van der Waals surface area contributed by atoms with Gasteiger partial charge in [0, 0.05) is 10.6 Å². The summed E-state index contributed by atoms with van der Waals surface area (Å²) < 4.78 is 10.0. The summed E-state index contributed by atoms with van der Waals surface area (Å²) in [4.78, 5) is 44.5. The van der Waals surface area contributed by atoms with Crippen LogP contribution in [0, 0.1) is 13.8 Å². The van der Waals surface area contributed by atoms with E-state index in [0.29, 0.717) is 33.2 Å². The number of amides is 1. The van der Waals surface area contributed by atoms with E-state index in [1.807, 2.05) is 0 Å². The van der Waals surface area contributed by atoms with Gasteiger partial charge in [0.15, 0.2) is 5.13 Å². The number of aliphatic hydroxyl groups is 1. The summed E-state index contributed by atoms with van der Waals surface area (Å²) in [5.41, 5.74) is 1.83. The Bertz CT molecular complexity index is 1380. The number of ether oxygens (including phenoxy) is 2. The monoisotopic (exact) mass is 512 g/mol. The lowest BCUT2D eigenvalue weighted by atomic mass is 9.94. The first-order valence-electron chi connectivity index (χ1n) is 10.4. The van der Waals surface area contributed by atoms with E-state index >= 15 is 0 Å². The number of aromatic nitrogens is 1. The number of ketones is 1. The van der Waals surface area contributed by atoms with Gasteiger partial charge in [-0.2, -0.15) is 0 Å². The topological polar surface area (TPSA) is 106 Å². The average molecular weight is 513 g/mol. The van der Waals surface area contributed by atoms with Crippen LogP contribution in [-0.2, 0) is 14.3 Å². The Morgan fingerprint density at radius 3 is 2.40 bits per heavy atom. The van der Waals surface area contributed by atoms with Crippen LogP contribution in [0.25, 0.3) is 5.76 Å². The number of rotatable bonds is 5. The van der Waals surface area contributed by atoms with Crippen LogP contribution in [0.4, 0.5) is 5.13 Å². The molecule has 4 rings (SSSR count). The van der Waals surface area contributed by atoms with Crippen LogP contribution in [0.2, 0.25) is 5.02 Å². The molecule has 10 heteroatoms. The van der Waals surface area contributed by atoms with E-state index < -0.39 is 23.7 Å². The summed E-state index contributed by atoms with van der Waals surface area (Å²) >= 11 is 7.00. The Morgan fingerprint density at radius 2 is 1.80 bits per heavy atom. The van der Waals surface area contributed by atoms with E-state index in [1.165, 1.54) is 19.1 Å². The minimum Gasteiger partial charge on any atom is -0.507 e. The van der Waals surface area contributed by atoms with E-state index in [0.717, 1.165) is 11.3 Å². The number of anilines is 1. The number of aryl methyl sites for hydroxylation is 2. The highest BCUT2D eigenvalue weighted by Gasteiger charge is 2.48. The molecular weight excluding hydrogens is 492 g/mol. The van der Waals surface area contributed by atoms with E-state index in [1.54, 1.807) is 56.3 Å². The van der Waals surface area contributed by atoms with Crippen LogP contribution in [0.1, 0.15) is 38.1 Å². The normalized spacial score (nSPS) is 17.1. The van der Waals surface area contributed by atoms with Gasteiger partial charge in [0.05, 0.1) is 31.5 Å². The molecule has 1 aliphatic heterocycles. The maximum absolute atomic E-state index is 13.3. The fourth-order valence-electron chi connectivity index (χ4n) is 3.93. The number of nitrogens with zero attached hydrogens (tertiary/aromatic N) is 2. The number of methoxy groups -OCH3 is 2. The van der Waals surface area contributed by atoms with Gasteiger partial charge < -0.3 is 14.6 Å². The Kier molecular flexibility index (Phi) is 6.64. The molecule has 1 amide bonds. The van der Waals surface area contributed by atoms with Crippen molar-refractivity contribution in [1.82, 2.24) is 4.98 Å². The number of carbonyl (C=O) groups is 3. The highest BCUT2D eigenvalue weighted by atomic mass is 35.5. The highest BCUT2D eigenvalue weighted by Crippen LogP contribution is 2.44. The van der Waals surface area contributed by atoms with Crippen LogP contribution >= 0.6 is 22.9 Å². The molecule has 2 aromatic carbocycles. The molecule has 1 aromatic heterocycles. The third-order valence-electron chi connectivity index (χ3n) is 5.68.